The molecule has 0 radical (unpaired) electrons. The molecular weight excluding hydrogens is 326 g/mol. The first-order valence-electron chi connectivity index (χ1n) is 7.89. The molecular formula is C19H13N7. The molecule has 0 amide bonds. The molecule has 7 heteroatoms. The third-order valence-electron chi connectivity index (χ3n) is 4.05. The summed E-state index contributed by atoms with van der Waals surface area (Å²) in [6.07, 6.45) is 3.35. The molecule has 0 saturated carbocycles. The minimum Gasteiger partial charge on any atom is -0.381 e. The average molecular weight is 339 g/mol. The quantitative estimate of drug-likeness (QED) is 0.597. The summed E-state index contributed by atoms with van der Waals surface area (Å²) >= 11 is 0. The molecule has 26 heavy (non-hydrogen) atoms. The highest BCUT2D eigenvalue weighted by Gasteiger charge is 2.18. The van der Waals surface area contributed by atoms with E-state index in [1.807, 2.05) is 49.4 Å². The lowest BCUT2D eigenvalue weighted by Crippen LogP contribution is -2.05. The van der Waals surface area contributed by atoms with Crippen LogP contribution in [-0.2, 0) is 0 Å². The van der Waals surface area contributed by atoms with Crippen LogP contribution in [0.5, 0.6) is 0 Å². The summed E-state index contributed by atoms with van der Waals surface area (Å²) in [6.45, 7) is 1.91. The van der Waals surface area contributed by atoms with E-state index in [0.717, 1.165) is 22.0 Å². The minimum atomic E-state index is 0.0683. The van der Waals surface area contributed by atoms with Crippen molar-refractivity contribution < 1.29 is 0 Å². The summed E-state index contributed by atoms with van der Waals surface area (Å²) in [5.41, 5.74) is 10.2. The Hall–Kier alpha value is -3.92. The molecule has 0 aliphatic carbocycles. The summed E-state index contributed by atoms with van der Waals surface area (Å²) in [5.74, 6) is 0.0683. The van der Waals surface area contributed by atoms with Gasteiger partial charge in [0.1, 0.15) is 17.5 Å². The van der Waals surface area contributed by atoms with Crippen molar-refractivity contribution in [2.75, 3.05) is 5.73 Å². The van der Waals surface area contributed by atoms with Crippen molar-refractivity contribution in [2.45, 2.75) is 6.92 Å². The van der Waals surface area contributed by atoms with E-state index in [1.165, 1.54) is 0 Å². The maximum atomic E-state index is 9.31. The zero-order valence-corrected chi connectivity index (χ0v) is 13.9. The fourth-order valence-electron chi connectivity index (χ4n) is 2.75. The Labute approximate surface area is 149 Å². The Balaban J connectivity index is 2.02. The monoisotopic (exact) mass is 339 g/mol. The third-order valence-corrected chi connectivity index (χ3v) is 4.05. The summed E-state index contributed by atoms with van der Waals surface area (Å²) in [4.78, 5) is 13.2. The molecule has 0 spiro atoms. The van der Waals surface area contributed by atoms with Crippen molar-refractivity contribution in [1.82, 2.24) is 25.1 Å². The van der Waals surface area contributed by atoms with Gasteiger partial charge in [-0.1, -0.05) is 12.1 Å². The maximum absolute atomic E-state index is 9.31. The van der Waals surface area contributed by atoms with E-state index in [-0.39, 0.29) is 11.5 Å². The van der Waals surface area contributed by atoms with E-state index in [0.29, 0.717) is 17.1 Å². The minimum absolute atomic E-state index is 0.0683. The van der Waals surface area contributed by atoms with E-state index >= 15 is 0 Å². The van der Waals surface area contributed by atoms with E-state index < -0.39 is 0 Å². The Morgan fingerprint density at radius 2 is 1.88 bits per heavy atom. The summed E-state index contributed by atoms with van der Waals surface area (Å²) in [5, 5.41) is 18.4. The van der Waals surface area contributed by atoms with Crippen LogP contribution in [0, 0.1) is 18.3 Å². The predicted molar refractivity (Wildman–Crippen MR) is 97.7 cm³/mol. The van der Waals surface area contributed by atoms with Crippen LogP contribution < -0.4 is 5.73 Å². The highest BCUT2D eigenvalue weighted by atomic mass is 15.1. The first-order chi connectivity index (χ1) is 12.7. The van der Waals surface area contributed by atoms with E-state index in [9.17, 15) is 5.26 Å². The van der Waals surface area contributed by atoms with Gasteiger partial charge in [0.15, 0.2) is 11.5 Å². The molecule has 4 rings (SSSR count). The molecule has 124 valence electrons. The molecule has 0 aliphatic heterocycles. The number of nitrogens with zero attached hydrogens (tertiary/aromatic N) is 6. The average Bonchev–Trinajstić information content (AvgIpc) is 2.68. The lowest BCUT2D eigenvalue weighted by atomic mass is 10.0. The number of aromatic nitrogens is 5. The Morgan fingerprint density at radius 1 is 1.00 bits per heavy atom. The van der Waals surface area contributed by atoms with Gasteiger partial charge in [-0.15, -0.1) is 5.10 Å². The van der Waals surface area contributed by atoms with Crippen LogP contribution in [0.3, 0.4) is 0 Å². The smallest absolute Gasteiger partial charge is 0.183 e. The number of pyridine rings is 1. The summed E-state index contributed by atoms with van der Waals surface area (Å²) in [6, 6.07) is 13.4. The Morgan fingerprint density at radius 3 is 2.69 bits per heavy atom. The molecule has 0 aliphatic rings. The van der Waals surface area contributed by atoms with Crippen LogP contribution in [0.25, 0.3) is 33.5 Å². The SMILES string of the molecule is Cc1ccnnc1-c1nc(N)c(C#N)nc1-c1ccc2ncccc2c1. The predicted octanol–water partition coefficient (Wildman–Crippen LogP) is 2.91. The molecule has 2 N–H and O–H groups in total. The van der Waals surface area contributed by atoms with Crippen molar-refractivity contribution >= 4 is 16.7 Å². The van der Waals surface area contributed by atoms with Gasteiger partial charge in [0, 0.05) is 23.3 Å². The standard InChI is InChI=1S/C19H13N7/c1-11-6-8-23-26-16(11)18-17(24-15(10-20)19(21)25-18)13-4-5-14-12(9-13)3-2-7-22-14/h2-9H,1H3,(H2,21,25). The number of aryl methyl sites for hydroxylation is 1. The number of hydrogen-bond acceptors (Lipinski definition) is 7. The van der Waals surface area contributed by atoms with Gasteiger partial charge in [-0.3, -0.25) is 4.98 Å². The van der Waals surface area contributed by atoms with Crippen LogP contribution in [0.2, 0.25) is 0 Å². The molecule has 0 atom stereocenters. The van der Waals surface area contributed by atoms with Crippen molar-refractivity contribution in [2.24, 2.45) is 0 Å². The number of rotatable bonds is 2. The largest absolute Gasteiger partial charge is 0.381 e. The molecule has 0 unspecified atom stereocenters. The zero-order valence-electron chi connectivity index (χ0n) is 13.9. The van der Waals surface area contributed by atoms with Crippen LogP contribution in [-0.4, -0.2) is 25.1 Å². The summed E-state index contributed by atoms with van der Waals surface area (Å²) in [7, 11) is 0. The topological polar surface area (TPSA) is 114 Å². The molecule has 3 aromatic heterocycles. The number of fused-ring (bicyclic) bond motifs is 1. The molecule has 0 fully saturated rings. The number of anilines is 1. The van der Waals surface area contributed by atoms with Gasteiger partial charge in [0.2, 0.25) is 0 Å². The van der Waals surface area contributed by atoms with Crippen LogP contribution >= 0.6 is 0 Å². The number of nitriles is 1. The zero-order chi connectivity index (χ0) is 18.1. The number of benzene rings is 1. The van der Waals surface area contributed by atoms with Crippen LogP contribution in [0.1, 0.15) is 11.3 Å². The fraction of sp³-hybridized carbons (Fsp3) is 0.0526. The number of nitrogen functional groups attached to an aromatic ring is 1. The first kappa shape index (κ1) is 15.6. The highest BCUT2D eigenvalue weighted by Crippen LogP contribution is 2.32. The number of hydrogen-bond donors (Lipinski definition) is 1. The molecule has 0 saturated heterocycles. The molecule has 0 bridgehead atoms. The Bertz CT molecular complexity index is 1180. The van der Waals surface area contributed by atoms with Crippen LogP contribution in [0.4, 0.5) is 5.82 Å². The Kier molecular flexibility index (Phi) is 3.71. The molecule has 3 heterocycles. The van der Waals surface area contributed by atoms with E-state index in [4.69, 9.17) is 5.73 Å². The van der Waals surface area contributed by atoms with Gasteiger partial charge >= 0.3 is 0 Å². The van der Waals surface area contributed by atoms with Gasteiger partial charge in [0.25, 0.3) is 0 Å². The lowest BCUT2D eigenvalue weighted by Gasteiger charge is -2.11. The molecule has 7 nitrogen and oxygen atoms in total. The second-order valence-electron chi connectivity index (χ2n) is 5.74. The lowest BCUT2D eigenvalue weighted by molar-refractivity contribution is 1.01. The van der Waals surface area contributed by atoms with Gasteiger partial charge in [-0.05, 0) is 36.8 Å². The van der Waals surface area contributed by atoms with Gasteiger partial charge in [0.05, 0.1) is 11.2 Å². The van der Waals surface area contributed by atoms with Crippen molar-refractivity contribution in [3.63, 3.8) is 0 Å². The third kappa shape index (κ3) is 2.59. The van der Waals surface area contributed by atoms with E-state index in [1.54, 1.807) is 12.4 Å². The fourth-order valence-corrected chi connectivity index (χ4v) is 2.75. The number of nitrogens with two attached hydrogens (primary N) is 1. The van der Waals surface area contributed by atoms with Crippen molar-refractivity contribution in [3.05, 3.63) is 60.0 Å². The van der Waals surface area contributed by atoms with Gasteiger partial charge in [-0.2, -0.15) is 10.4 Å². The summed E-state index contributed by atoms with van der Waals surface area (Å²) < 4.78 is 0. The normalized spacial score (nSPS) is 10.6. The second-order valence-corrected chi connectivity index (χ2v) is 5.74. The van der Waals surface area contributed by atoms with Gasteiger partial charge in [-0.25, -0.2) is 9.97 Å². The van der Waals surface area contributed by atoms with E-state index in [2.05, 4.69) is 25.1 Å². The maximum Gasteiger partial charge on any atom is 0.183 e. The van der Waals surface area contributed by atoms with Crippen LogP contribution in [0.15, 0.2) is 48.8 Å². The van der Waals surface area contributed by atoms with Crippen molar-refractivity contribution in [1.29, 1.82) is 5.26 Å². The van der Waals surface area contributed by atoms with Crippen molar-refractivity contribution in [3.8, 4) is 28.7 Å². The molecule has 1 aromatic carbocycles. The molecule has 4 aromatic rings. The highest BCUT2D eigenvalue weighted by molar-refractivity contribution is 5.87. The second kappa shape index (κ2) is 6.18. The van der Waals surface area contributed by atoms with Gasteiger partial charge < -0.3 is 5.73 Å². The first-order valence-corrected chi connectivity index (χ1v) is 7.89.